The van der Waals surface area contributed by atoms with Crippen molar-refractivity contribution in [2.75, 3.05) is 18.9 Å². The quantitative estimate of drug-likeness (QED) is 0.809. The van der Waals surface area contributed by atoms with Crippen molar-refractivity contribution >= 4 is 11.7 Å². The molecule has 1 fully saturated rings. The maximum Gasteiger partial charge on any atom is 0.271 e. The van der Waals surface area contributed by atoms with Crippen LogP contribution in [0.4, 0.5) is 5.82 Å². The van der Waals surface area contributed by atoms with E-state index in [0.29, 0.717) is 11.5 Å². The lowest BCUT2D eigenvalue weighted by Gasteiger charge is -2.25. The van der Waals surface area contributed by atoms with E-state index in [0.717, 1.165) is 18.9 Å². The van der Waals surface area contributed by atoms with Crippen molar-refractivity contribution in [1.82, 2.24) is 15.3 Å². The lowest BCUT2D eigenvalue weighted by molar-refractivity contribution is 0.0943. The molecule has 0 bridgehead atoms. The van der Waals surface area contributed by atoms with Gasteiger partial charge in [0.15, 0.2) is 0 Å². The molecule has 0 unspecified atom stereocenters. The van der Waals surface area contributed by atoms with Gasteiger partial charge in [-0.25, -0.2) is 4.98 Å². The zero-order valence-corrected chi connectivity index (χ0v) is 10.1. The van der Waals surface area contributed by atoms with Crippen LogP contribution < -0.4 is 10.6 Å². The van der Waals surface area contributed by atoms with Crippen LogP contribution in [-0.2, 0) is 0 Å². The van der Waals surface area contributed by atoms with Crippen molar-refractivity contribution in [2.45, 2.75) is 25.7 Å². The average Bonchev–Trinajstić information content (AvgIpc) is 2.32. The van der Waals surface area contributed by atoms with Crippen molar-refractivity contribution < 1.29 is 4.79 Å². The highest BCUT2D eigenvalue weighted by Gasteiger charge is 2.17. The van der Waals surface area contributed by atoms with Crippen LogP contribution in [0, 0.1) is 5.92 Å². The number of amides is 1. The van der Waals surface area contributed by atoms with Crippen molar-refractivity contribution in [3.05, 3.63) is 18.1 Å². The molecular weight excluding hydrogens is 216 g/mol. The summed E-state index contributed by atoms with van der Waals surface area (Å²) in [6.07, 6.45) is 8.11. The fraction of sp³-hybridized carbons (Fsp3) is 0.583. The summed E-state index contributed by atoms with van der Waals surface area (Å²) < 4.78 is 0. The predicted octanol–water partition coefficient (Wildman–Crippen LogP) is 1.44. The van der Waals surface area contributed by atoms with Crippen molar-refractivity contribution in [2.24, 2.45) is 5.92 Å². The Balaban J connectivity index is 1.81. The Kier molecular flexibility index (Phi) is 3.90. The van der Waals surface area contributed by atoms with E-state index in [1.807, 2.05) is 0 Å². The van der Waals surface area contributed by atoms with Gasteiger partial charge >= 0.3 is 0 Å². The molecule has 0 aliphatic heterocycles. The number of nitrogens with one attached hydrogen (secondary N) is 2. The summed E-state index contributed by atoms with van der Waals surface area (Å²) >= 11 is 0. The van der Waals surface area contributed by atoms with Crippen LogP contribution in [0.2, 0.25) is 0 Å². The van der Waals surface area contributed by atoms with Gasteiger partial charge in [0.1, 0.15) is 11.5 Å². The number of aromatic nitrogens is 2. The number of carbonyl (C=O) groups excluding carboxylic acids is 1. The number of nitrogens with zero attached hydrogens (tertiary/aromatic N) is 2. The molecule has 0 atom stereocenters. The highest BCUT2D eigenvalue weighted by molar-refractivity contribution is 5.92. The molecule has 1 aromatic heterocycles. The summed E-state index contributed by atoms with van der Waals surface area (Å²) in [5.74, 6) is 1.27. The fourth-order valence-electron chi connectivity index (χ4n) is 1.86. The van der Waals surface area contributed by atoms with Gasteiger partial charge in [0, 0.05) is 13.6 Å². The van der Waals surface area contributed by atoms with Gasteiger partial charge < -0.3 is 10.6 Å². The summed E-state index contributed by atoms with van der Waals surface area (Å²) in [5.41, 5.74) is 0.366. The van der Waals surface area contributed by atoms with Gasteiger partial charge in [-0.15, -0.1) is 0 Å². The largest absolute Gasteiger partial charge is 0.372 e. The number of hydrogen-bond donors (Lipinski definition) is 2. The Morgan fingerprint density at radius 3 is 2.94 bits per heavy atom. The Bertz CT molecular complexity index is 390. The molecule has 2 rings (SSSR count). The zero-order valence-electron chi connectivity index (χ0n) is 10.1. The average molecular weight is 234 g/mol. The minimum atomic E-state index is -0.145. The second-order valence-corrected chi connectivity index (χ2v) is 4.38. The minimum Gasteiger partial charge on any atom is -0.372 e. The van der Waals surface area contributed by atoms with E-state index in [9.17, 15) is 4.79 Å². The van der Waals surface area contributed by atoms with E-state index in [2.05, 4.69) is 20.6 Å². The van der Waals surface area contributed by atoms with Gasteiger partial charge in [-0.1, -0.05) is 19.3 Å². The number of rotatable bonds is 5. The molecule has 0 aromatic carbocycles. The minimum absolute atomic E-state index is 0.145. The van der Waals surface area contributed by atoms with Crippen LogP contribution in [0.1, 0.15) is 36.2 Å². The molecule has 5 nitrogen and oxygen atoms in total. The van der Waals surface area contributed by atoms with Crippen molar-refractivity contribution in [3.63, 3.8) is 0 Å². The van der Waals surface area contributed by atoms with Gasteiger partial charge in [0.25, 0.3) is 5.91 Å². The summed E-state index contributed by atoms with van der Waals surface area (Å²) in [4.78, 5) is 19.9. The number of hydrogen-bond acceptors (Lipinski definition) is 4. The smallest absolute Gasteiger partial charge is 0.271 e. The van der Waals surface area contributed by atoms with Gasteiger partial charge in [0.05, 0.1) is 12.4 Å². The first-order chi connectivity index (χ1) is 8.29. The van der Waals surface area contributed by atoms with E-state index in [4.69, 9.17) is 0 Å². The first kappa shape index (κ1) is 11.8. The maximum atomic E-state index is 11.8. The Hall–Kier alpha value is -1.65. The molecule has 1 amide bonds. The fourth-order valence-corrected chi connectivity index (χ4v) is 1.86. The molecule has 92 valence electrons. The molecule has 1 aromatic rings. The summed E-state index contributed by atoms with van der Waals surface area (Å²) in [6.45, 7) is 0.731. The molecule has 0 radical (unpaired) electrons. The van der Waals surface area contributed by atoms with E-state index < -0.39 is 0 Å². The van der Waals surface area contributed by atoms with E-state index in [-0.39, 0.29) is 5.91 Å². The summed E-state index contributed by atoms with van der Waals surface area (Å²) in [5, 5.41) is 5.74. The monoisotopic (exact) mass is 234 g/mol. The molecule has 1 aliphatic rings. The third-order valence-corrected chi connectivity index (χ3v) is 3.19. The predicted molar refractivity (Wildman–Crippen MR) is 65.9 cm³/mol. The Morgan fingerprint density at radius 2 is 2.29 bits per heavy atom. The van der Waals surface area contributed by atoms with Gasteiger partial charge in [-0.05, 0) is 12.3 Å². The van der Waals surface area contributed by atoms with Crippen molar-refractivity contribution in [3.8, 4) is 0 Å². The molecule has 0 spiro atoms. The summed E-state index contributed by atoms with van der Waals surface area (Å²) in [6, 6.07) is 0. The van der Waals surface area contributed by atoms with E-state index in [1.165, 1.54) is 25.5 Å². The van der Waals surface area contributed by atoms with E-state index in [1.54, 1.807) is 13.2 Å². The first-order valence-corrected chi connectivity index (χ1v) is 6.07. The van der Waals surface area contributed by atoms with Crippen LogP contribution in [0.15, 0.2) is 12.4 Å². The normalized spacial score (nSPS) is 15.1. The highest BCUT2D eigenvalue weighted by Crippen LogP contribution is 2.28. The Morgan fingerprint density at radius 1 is 1.47 bits per heavy atom. The molecule has 1 saturated carbocycles. The second-order valence-electron chi connectivity index (χ2n) is 4.38. The highest BCUT2D eigenvalue weighted by atomic mass is 16.1. The molecule has 17 heavy (non-hydrogen) atoms. The molecule has 5 heteroatoms. The van der Waals surface area contributed by atoms with Gasteiger partial charge in [0.2, 0.25) is 0 Å². The van der Waals surface area contributed by atoms with Crippen LogP contribution >= 0.6 is 0 Å². The zero-order chi connectivity index (χ0) is 12.1. The lowest BCUT2D eigenvalue weighted by Crippen LogP contribution is -2.28. The van der Waals surface area contributed by atoms with Crippen LogP contribution in [0.5, 0.6) is 0 Å². The second kappa shape index (κ2) is 5.61. The molecule has 1 heterocycles. The topological polar surface area (TPSA) is 66.9 Å². The standard InChI is InChI=1S/C12H18N4O/c1-13-11-8-14-7-10(16-11)12(17)15-6-5-9-3-2-4-9/h7-9H,2-6H2,1H3,(H,13,16)(H,15,17). The molecular formula is C12H18N4O. The number of carbonyl (C=O) groups is 1. The molecule has 2 N–H and O–H groups in total. The summed E-state index contributed by atoms with van der Waals surface area (Å²) in [7, 11) is 1.75. The van der Waals surface area contributed by atoms with E-state index >= 15 is 0 Å². The maximum absolute atomic E-state index is 11.8. The first-order valence-electron chi connectivity index (χ1n) is 6.07. The lowest BCUT2D eigenvalue weighted by atomic mass is 9.83. The van der Waals surface area contributed by atoms with Gasteiger partial charge in [-0.3, -0.25) is 9.78 Å². The van der Waals surface area contributed by atoms with Gasteiger partial charge in [-0.2, -0.15) is 0 Å². The molecule has 0 saturated heterocycles. The third kappa shape index (κ3) is 3.15. The van der Waals surface area contributed by atoms with Crippen LogP contribution in [0.3, 0.4) is 0 Å². The van der Waals surface area contributed by atoms with Crippen LogP contribution in [0.25, 0.3) is 0 Å². The van der Waals surface area contributed by atoms with Crippen LogP contribution in [-0.4, -0.2) is 29.5 Å². The SMILES string of the molecule is CNc1cncc(C(=O)NCCC2CCC2)n1. The Labute approximate surface area is 101 Å². The molecule has 1 aliphatic carbocycles. The third-order valence-electron chi connectivity index (χ3n) is 3.19. The van der Waals surface area contributed by atoms with Crippen molar-refractivity contribution in [1.29, 1.82) is 0 Å². The number of anilines is 1.